The van der Waals surface area contributed by atoms with Gasteiger partial charge in [0.15, 0.2) is 0 Å². The van der Waals surface area contributed by atoms with Crippen LogP contribution in [0.5, 0.6) is 0 Å². The van der Waals surface area contributed by atoms with Gasteiger partial charge in [0.05, 0.1) is 4.90 Å². The number of likely N-dealkylation sites (N-methyl/N-ethyl adjacent to an activating group) is 1. The molecule has 0 radical (unpaired) electrons. The molecule has 2 aliphatic rings. The number of benzene rings is 2. The molecule has 0 bridgehead atoms. The molecule has 32 heavy (non-hydrogen) atoms. The van der Waals surface area contributed by atoms with Crippen molar-refractivity contribution in [3.05, 3.63) is 53.6 Å². The number of nitrogens with one attached hydrogen (secondary N) is 1. The highest BCUT2D eigenvalue weighted by molar-refractivity contribution is 7.89. The van der Waals surface area contributed by atoms with Gasteiger partial charge in [-0.25, -0.2) is 8.42 Å². The monoisotopic (exact) mass is 456 g/mol. The van der Waals surface area contributed by atoms with E-state index in [1.165, 1.54) is 16.1 Å². The third-order valence-corrected chi connectivity index (χ3v) is 8.31. The number of hydrogen-bond donors (Lipinski definition) is 1. The number of sulfonamides is 1. The lowest BCUT2D eigenvalue weighted by molar-refractivity contribution is 0.102. The third kappa shape index (κ3) is 4.82. The lowest BCUT2D eigenvalue weighted by Crippen LogP contribution is -2.46. The topological polar surface area (TPSA) is 73.0 Å². The van der Waals surface area contributed by atoms with E-state index >= 15 is 0 Å². The van der Waals surface area contributed by atoms with E-state index in [0.717, 1.165) is 51.1 Å². The van der Waals surface area contributed by atoms with Crippen LogP contribution in [-0.4, -0.2) is 69.3 Å². The predicted molar refractivity (Wildman–Crippen MR) is 128 cm³/mol. The highest BCUT2D eigenvalue weighted by Crippen LogP contribution is 2.26. The van der Waals surface area contributed by atoms with E-state index in [-0.39, 0.29) is 10.8 Å². The van der Waals surface area contributed by atoms with Gasteiger partial charge in [-0.05, 0) is 68.3 Å². The molecule has 0 aliphatic carbocycles. The van der Waals surface area contributed by atoms with Crippen LogP contribution in [0, 0.1) is 6.92 Å². The SMILES string of the molecule is CCN1CCN(c2ccc(NC(=O)c3cccc(S(=O)(=O)N4CCCC4)c3)cc2C)CC1. The van der Waals surface area contributed by atoms with Crippen molar-refractivity contribution < 1.29 is 13.2 Å². The summed E-state index contributed by atoms with van der Waals surface area (Å²) >= 11 is 0. The normalized spacial score (nSPS) is 18.1. The second kappa shape index (κ2) is 9.60. The summed E-state index contributed by atoms with van der Waals surface area (Å²) in [6, 6.07) is 12.2. The summed E-state index contributed by atoms with van der Waals surface area (Å²) in [6.45, 7) is 10.5. The molecule has 2 aromatic carbocycles. The van der Waals surface area contributed by atoms with Crippen LogP contribution in [0.4, 0.5) is 11.4 Å². The van der Waals surface area contributed by atoms with Gasteiger partial charge in [0.2, 0.25) is 10.0 Å². The Morgan fingerprint density at radius 3 is 2.34 bits per heavy atom. The Kier molecular flexibility index (Phi) is 6.83. The van der Waals surface area contributed by atoms with Crippen molar-refractivity contribution in [3.8, 4) is 0 Å². The minimum absolute atomic E-state index is 0.171. The number of rotatable bonds is 6. The van der Waals surface area contributed by atoms with Crippen molar-refractivity contribution in [2.45, 2.75) is 31.6 Å². The molecule has 1 amide bonds. The Hall–Kier alpha value is -2.42. The van der Waals surface area contributed by atoms with Crippen LogP contribution in [0.25, 0.3) is 0 Å². The molecule has 8 heteroatoms. The molecule has 1 N–H and O–H groups in total. The molecule has 2 heterocycles. The maximum absolute atomic E-state index is 12.8. The van der Waals surface area contributed by atoms with E-state index in [0.29, 0.717) is 24.3 Å². The number of carbonyl (C=O) groups is 1. The number of hydrogen-bond acceptors (Lipinski definition) is 5. The van der Waals surface area contributed by atoms with Crippen LogP contribution >= 0.6 is 0 Å². The number of carbonyl (C=O) groups excluding carboxylic acids is 1. The fourth-order valence-electron chi connectivity index (χ4n) is 4.47. The molecule has 2 saturated heterocycles. The lowest BCUT2D eigenvalue weighted by Gasteiger charge is -2.36. The van der Waals surface area contributed by atoms with Gasteiger partial charge in [0.1, 0.15) is 0 Å². The van der Waals surface area contributed by atoms with Crippen molar-refractivity contribution in [2.75, 3.05) is 56.0 Å². The second-order valence-corrected chi connectivity index (χ2v) is 10.5. The van der Waals surface area contributed by atoms with Gasteiger partial charge in [-0.3, -0.25) is 4.79 Å². The highest BCUT2D eigenvalue weighted by atomic mass is 32.2. The first-order chi connectivity index (χ1) is 15.4. The molecule has 4 rings (SSSR count). The zero-order valence-electron chi connectivity index (χ0n) is 18.9. The van der Waals surface area contributed by atoms with Crippen LogP contribution in [0.2, 0.25) is 0 Å². The Morgan fingerprint density at radius 1 is 0.969 bits per heavy atom. The van der Waals surface area contributed by atoms with Gasteiger partial charge in [-0.2, -0.15) is 4.31 Å². The summed E-state index contributed by atoms with van der Waals surface area (Å²) in [6.07, 6.45) is 1.76. The predicted octanol–water partition coefficient (Wildman–Crippen LogP) is 3.17. The minimum atomic E-state index is -3.55. The first kappa shape index (κ1) is 22.8. The van der Waals surface area contributed by atoms with Gasteiger partial charge in [0.25, 0.3) is 5.91 Å². The Morgan fingerprint density at radius 2 is 1.69 bits per heavy atom. The number of piperazine rings is 1. The molecule has 0 saturated carbocycles. The Labute approximate surface area is 191 Å². The number of aryl methyl sites for hydroxylation is 1. The third-order valence-electron chi connectivity index (χ3n) is 6.41. The van der Waals surface area contributed by atoms with Gasteiger partial charge >= 0.3 is 0 Å². The van der Waals surface area contributed by atoms with Crippen LogP contribution in [-0.2, 0) is 10.0 Å². The summed E-state index contributed by atoms with van der Waals surface area (Å²) in [5, 5.41) is 2.92. The fraction of sp³-hybridized carbons (Fsp3) is 0.458. The number of amides is 1. The van der Waals surface area contributed by atoms with E-state index in [9.17, 15) is 13.2 Å². The summed E-state index contributed by atoms with van der Waals surface area (Å²) < 4.78 is 27.1. The molecular formula is C24H32N4O3S. The van der Waals surface area contributed by atoms with Crippen molar-refractivity contribution in [1.82, 2.24) is 9.21 Å². The largest absolute Gasteiger partial charge is 0.369 e. The van der Waals surface area contributed by atoms with E-state index in [1.54, 1.807) is 18.2 Å². The molecule has 7 nitrogen and oxygen atoms in total. The van der Waals surface area contributed by atoms with Crippen molar-refractivity contribution in [2.24, 2.45) is 0 Å². The molecule has 0 unspecified atom stereocenters. The molecule has 2 fully saturated rings. The molecule has 0 spiro atoms. The van der Waals surface area contributed by atoms with E-state index in [4.69, 9.17) is 0 Å². The zero-order chi connectivity index (χ0) is 22.7. The second-order valence-electron chi connectivity index (χ2n) is 8.52. The van der Waals surface area contributed by atoms with Gasteiger partial charge in [0, 0.05) is 56.2 Å². The Balaban J connectivity index is 1.46. The maximum Gasteiger partial charge on any atom is 0.255 e. The molecule has 2 aliphatic heterocycles. The van der Waals surface area contributed by atoms with Crippen LogP contribution in [0.15, 0.2) is 47.4 Å². The zero-order valence-corrected chi connectivity index (χ0v) is 19.7. The van der Waals surface area contributed by atoms with Gasteiger partial charge in [-0.15, -0.1) is 0 Å². The highest BCUT2D eigenvalue weighted by Gasteiger charge is 2.27. The number of nitrogens with zero attached hydrogens (tertiary/aromatic N) is 3. The molecule has 172 valence electrons. The van der Waals surface area contributed by atoms with E-state index < -0.39 is 10.0 Å². The standard InChI is InChI=1S/C24H32N4O3S/c1-3-26-13-15-27(16-14-26)23-10-9-21(17-19(23)2)25-24(29)20-7-6-8-22(18-20)32(30,31)28-11-4-5-12-28/h6-10,17-18H,3-5,11-16H2,1-2H3,(H,25,29). The fourth-order valence-corrected chi connectivity index (χ4v) is 6.04. The smallest absolute Gasteiger partial charge is 0.255 e. The average Bonchev–Trinajstić information content (AvgIpc) is 3.35. The minimum Gasteiger partial charge on any atom is -0.369 e. The molecule has 0 aromatic heterocycles. The van der Waals surface area contributed by atoms with Crippen LogP contribution < -0.4 is 10.2 Å². The summed E-state index contributed by atoms with van der Waals surface area (Å²) in [7, 11) is -3.55. The first-order valence-corrected chi connectivity index (χ1v) is 12.8. The van der Waals surface area contributed by atoms with Gasteiger partial charge < -0.3 is 15.1 Å². The van der Waals surface area contributed by atoms with Crippen molar-refractivity contribution >= 4 is 27.3 Å². The summed E-state index contributed by atoms with van der Waals surface area (Å²) in [5.41, 5.74) is 3.34. The van der Waals surface area contributed by atoms with Crippen molar-refractivity contribution in [1.29, 1.82) is 0 Å². The molecular weight excluding hydrogens is 424 g/mol. The van der Waals surface area contributed by atoms with Crippen molar-refractivity contribution in [3.63, 3.8) is 0 Å². The summed E-state index contributed by atoms with van der Waals surface area (Å²) in [5.74, 6) is -0.313. The number of anilines is 2. The van der Waals surface area contributed by atoms with Gasteiger partial charge in [-0.1, -0.05) is 13.0 Å². The molecule has 2 aromatic rings. The quantitative estimate of drug-likeness (QED) is 0.723. The van der Waals surface area contributed by atoms with Crippen LogP contribution in [0.1, 0.15) is 35.7 Å². The maximum atomic E-state index is 12.8. The Bertz CT molecular complexity index is 1070. The average molecular weight is 457 g/mol. The molecule has 0 atom stereocenters. The van der Waals surface area contributed by atoms with E-state index in [2.05, 4.69) is 35.0 Å². The lowest BCUT2D eigenvalue weighted by atomic mass is 10.1. The first-order valence-electron chi connectivity index (χ1n) is 11.4. The van der Waals surface area contributed by atoms with Crippen LogP contribution in [0.3, 0.4) is 0 Å². The summed E-state index contributed by atoms with van der Waals surface area (Å²) in [4.78, 5) is 17.8. The van der Waals surface area contributed by atoms with E-state index in [1.807, 2.05) is 12.1 Å².